The molecule has 0 nitrogen and oxygen atoms in total. The minimum atomic E-state index is -0.0753. The number of hydrogen-bond donors (Lipinski definition) is 0. The van der Waals surface area contributed by atoms with Gasteiger partial charge in [-0.3, -0.25) is 0 Å². The molecular formula is C38H38Hf. The molecule has 0 atom stereocenters. The molecule has 6 rings (SSSR count). The Kier molecular flexibility index (Phi) is 9.73. The van der Waals surface area contributed by atoms with Gasteiger partial charge in [0.15, 0.2) is 0 Å². The van der Waals surface area contributed by atoms with Crippen LogP contribution < -0.4 is 0 Å². The summed E-state index contributed by atoms with van der Waals surface area (Å²) >= 11 is 0. The minimum Gasteiger partial charge on any atom is -0.358 e. The second-order valence-electron chi connectivity index (χ2n) is 10.8. The van der Waals surface area contributed by atoms with Gasteiger partial charge in [-0.2, -0.15) is 12.1 Å². The fraction of sp³-hybridized carbons (Fsp3) is 0.158. The quantitative estimate of drug-likeness (QED) is 0.122. The molecule has 0 N–H and O–H groups in total. The smallest absolute Gasteiger partial charge is 0.358 e. The first-order chi connectivity index (χ1) is 17.5. The second-order valence-corrected chi connectivity index (χ2v) is 10.8. The molecule has 0 bridgehead atoms. The molecule has 0 heterocycles. The van der Waals surface area contributed by atoms with Crippen LogP contribution in [0.3, 0.4) is 0 Å². The van der Waals surface area contributed by atoms with E-state index in [4.69, 9.17) is 0 Å². The first-order valence-corrected chi connectivity index (χ1v) is 13.0. The van der Waals surface area contributed by atoms with Crippen LogP contribution in [-0.2, 0) is 31.3 Å². The van der Waals surface area contributed by atoms with Gasteiger partial charge < -0.3 is 14.9 Å². The molecule has 0 saturated heterocycles. The van der Waals surface area contributed by atoms with Gasteiger partial charge in [0, 0.05) is 0 Å². The number of hydrogen-bond acceptors (Lipinski definition) is 0. The van der Waals surface area contributed by atoms with Crippen molar-refractivity contribution < 1.29 is 25.8 Å². The van der Waals surface area contributed by atoms with E-state index in [1.165, 1.54) is 54.9 Å². The summed E-state index contributed by atoms with van der Waals surface area (Å²) in [5, 5.41) is 5.33. The van der Waals surface area contributed by atoms with Crippen molar-refractivity contribution in [1.82, 2.24) is 0 Å². The van der Waals surface area contributed by atoms with Crippen LogP contribution in [0.15, 0.2) is 121 Å². The Bertz CT molecular complexity index is 1510. The average Bonchev–Trinajstić information content (AvgIpc) is 3.54. The third-order valence-corrected chi connectivity index (χ3v) is 7.76. The van der Waals surface area contributed by atoms with Crippen LogP contribution in [0.4, 0.5) is 0 Å². The summed E-state index contributed by atoms with van der Waals surface area (Å²) < 4.78 is 0. The van der Waals surface area contributed by atoms with Gasteiger partial charge in [0.25, 0.3) is 0 Å². The first-order valence-electron chi connectivity index (χ1n) is 13.0. The maximum atomic E-state index is 2.45. The van der Waals surface area contributed by atoms with Crippen LogP contribution in [0.2, 0.25) is 0 Å². The van der Waals surface area contributed by atoms with Crippen molar-refractivity contribution in [1.29, 1.82) is 0 Å². The van der Waals surface area contributed by atoms with Gasteiger partial charge in [0.2, 0.25) is 0 Å². The monoisotopic (exact) mass is 674 g/mol. The fourth-order valence-electron chi connectivity index (χ4n) is 6.06. The molecule has 6 aromatic rings. The molecule has 1 heteroatoms. The summed E-state index contributed by atoms with van der Waals surface area (Å²) in [6, 6.07) is 44.7. The van der Waals surface area contributed by atoms with Crippen LogP contribution in [0.1, 0.15) is 38.3 Å². The van der Waals surface area contributed by atoms with E-state index in [1.807, 2.05) is 0 Å². The number of benzene rings is 4. The van der Waals surface area contributed by atoms with Crippen LogP contribution in [0, 0.1) is 20.8 Å². The molecule has 6 aromatic carbocycles. The van der Waals surface area contributed by atoms with Crippen molar-refractivity contribution in [3.05, 3.63) is 147 Å². The van der Waals surface area contributed by atoms with Crippen molar-refractivity contribution in [2.24, 2.45) is 5.92 Å². The summed E-state index contributed by atoms with van der Waals surface area (Å²) in [6.07, 6.45) is 1.10. The van der Waals surface area contributed by atoms with Crippen LogP contribution >= 0.6 is 0 Å². The van der Waals surface area contributed by atoms with E-state index in [0.29, 0.717) is 5.92 Å². The molecule has 0 radical (unpaired) electrons. The summed E-state index contributed by atoms with van der Waals surface area (Å²) in [6.45, 7) is 7.13. The summed E-state index contributed by atoms with van der Waals surface area (Å²) in [5.74, 6) is 0.577. The van der Waals surface area contributed by atoms with E-state index in [1.54, 1.807) is 0 Å². The van der Waals surface area contributed by atoms with Crippen molar-refractivity contribution in [2.75, 3.05) is 0 Å². The van der Waals surface area contributed by atoms with Gasteiger partial charge in [0.1, 0.15) is 0 Å². The summed E-state index contributed by atoms with van der Waals surface area (Å²) in [5.41, 5.74) is 7.91. The van der Waals surface area contributed by atoms with Crippen molar-refractivity contribution in [3.63, 3.8) is 0 Å². The standard InChI is InChI=1S/C36H32.2CH3.Hf/c1-25(2)24-36(3,30-20-28-16-10-18-32(34(28)22-30)26-12-6-4-7-13-26)31-21-29-17-11-19-33(35(29)23-31)27-14-8-5-9-15-27;;;/h4-23,25H,24H2,1-3H3;2*1H3;/q-2;2*-1;+4. The Hall–Kier alpha value is -3.03. The predicted octanol–water partition coefficient (Wildman–Crippen LogP) is 11.0. The maximum absolute atomic E-state index is 2.45. The Morgan fingerprint density at radius 2 is 1.00 bits per heavy atom. The largest absolute Gasteiger partial charge is 4.00 e. The van der Waals surface area contributed by atoms with Crippen molar-refractivity contribution in [2.45, 2.75) is 32.6 Å². The van der Waals surface area contributed by atoms with Crippen molar-refractivity contribution >= 4 is 21.5 Å². The van der Waals surface area contributed by atoms with Gasteiger partial charge in [0.05, 0.1) is 0 Å². The Morgan fingerprint density at radius 3 is 1.38 bits per heavy atom. The van der Waals surface area contributed by atoms with Gasteiger partial charge in [-0.25, -0.2) is 0 Å². The molecule has 0 unspecified atom stereocenters. The Labute approximate surface area is 254 Å². The van der Waals surface area contributed by atoms with Crippen molar-refractivity contribution in [3.8, 4) is 22.3 Å². The van der Waals surface area contributed by atoms with Gasteiger partial charge >= 0.3 is 25.8 Å². The molecule has 0 spiro atoms. The molecule has 194 valence electrons. The molecule has 0 aliphatic heterocycles. The van der Waals surface area contributed by atoms with Crippen LogP contribution in [-0.4, -0.2) is 0 Å². The van der Waals surface area contributed by atoms with E-state index in [0.717, 1.165) is 6.42 Å². The zero-order chi connectivity index (χ0) is 24.7. The van der Waals surface area contributed by atoms with E-state index < -0.39 is 0 Å². The Morgan fingerprint density at radius 1 is 0.590 bits per heavy atom. The van der Waals surface area contributed by atoms with E-state index in [2.05, 4.69) is 142 Å². The first kappa shape index (κ1) is 30.5. The third-order valence-electron chi connectivity index (χ3n) is 7.76. The third kappa shape index (κ3) is 5.66. The van der Waals surface area contributed by atoms with Gasteiger partial charge in [-0.05, 0) is 28.9 Å². The summed E-state index contributed by atoms with van der Waals surface area (Å²) in [4.78, 5) is 0. The molecule has 0 saturated carbocycles. The van der Waals surface area contributed by atoms with E-state index in [9.17, 15) is 0 Å². The minimum absolute atomic E-state index is 0. The summed E-state index contributed by atoms with van der Waals surface area (Å²) in [7, 11) is 0. The van der Waals surface area contributed by atoms with Crippen LogP contribution in [0.5, 0.6) is 0 Å². The molecule has 39 heavy (non-hydrogen) atoms. The second kappa shape index (κ2) is 12.4. The molecule has 0 amide bonds. The topological polar surface area (TPSA) is 0 Å². The molecule has 0 aliphatic rings. The zero-order valence-electron chi connectivity index (χ0n) is 23.8. The van der Waals surface area contributed by atoms with E-state index >= 15 is 0 Å². The zero-order valence-corrected chi connectivity index (χ0v) is 27.4. The SMILES string of the molecule is CC(C)CC(C)(c1cc2c(-c3ccccc3)cccc2[cH-]1)c1cc2c(-c3ccccc3)cccc2[cH-]1.[CH3-].[CH3-].[Hf+4]. The fourth-order valence-corrected chi connectivity index (χ4v) is 6.06. The van der Waals surface area contributed by atoms with Crippen LogP contribution in [0.25, 0.3) is 43.8 Å². The number of rotatable bonds is 6. The molecule has 0 aromatic heterocycles. The average molecular weight is 673 g/mol. The number of fused-ring (bicyclic) bond motifs is 2. The molecular weight excluding hydrogens is 635 g/mol. The normalized spacial score (nSPS) is 11.2. The molecule has 0 fully saturated rings. The van der Waals surface area contributed by atoms with Gasteiger partial charge in [-0.1, -0.05) is 105 Å². The van der Waals surface area contributed by atoms with Gasteiger partial charge in [-0.15, -0.1) is 69.1 Å². The Balaban J connectivity index is 0.00000140. The maximum Gasteiger partial charge on any atom is 4.00 e. The van der Waals surface area contributed by atoms with E-state index in [-0.39, 0.29) is 46.1 Å². The predicted molar refractivity (Wildman–Crippen MR) is 169 cm³/mol. The molecule has 0 aliphatic carbocycles.